The van der Waals surface area contributed by atoms with Crippen molar-refractivity contribution in [2.75, 3.05) is 32.8 Å². The smallest absolute Gasteiger partial charge is 0.237 e. The number of piperidine rings is 1. The Kier molecular flexibility index (Phi) is 5.17. The number of fused-ring (bicyclic) bond motifs is 1. The van der Waals surface area contributed by atoms with E-state index in [1.54, 1.807) is 0 Å². The molecule has 4 nitrogen and oxygen atoms in total. The van der Waals surface area contributed by atoms with Crippen molar-refractivity contribution in [1.82, 2.24) is 9.80 Å². The number of hydrogen-bond acceptors (Lipinski definition) is 3. The average Bonchev–Trinajstić information content (AvgIpc) is 2.94. The Labute approximate surface area is 128 Å². The van der Waals surface area contributed by atoms with Crippen molar-refractivity contribution < 1.29 is 9.90 Å². The molecule has 120 valence electrons. The van der Waals surface area contributed by atoms with Crippen LogP contribution >= 0.6 is 0 Å². The molecule has 0 bridgehead atoms. The molecule has 2 aliphatic heterocycles. The molecule has 2 saturated heterocycles. The van der Waals surface area contributed by atoms with Gasteiger partial charge < -0.3 is 10.0 Å². The van der Waals surface area contributed by atoms with E-state index in [-0.39, 0.29) is 6.61 Å². The third-order valence-electron chi connectivity index (χ3n) is 5.83. The molecule has 0 spiro atoms. The molecule has 3 rings (SSSR count). The summed E-state index contributed by atoms with van der Waals surface area (Å²) < 4.78 is 0. The Morgan fingerprint density at radius 2 is 1.86 bits per heavy atom. The van der Waals surface area contributed by atoms with Gasteiger partial charge in [-0.2, -0.15) is 0 Å². The van der Waals surface area contributed by atoms with E-state index in [1.165, 1.54) is 38.5 Å². The van der Waals surface area contributed by atoms with Gasteiger partial charge in [0.2, 0.25) is 5.91 Å². The molecule has 4 heteroatoms. The normalized spacial score (nSPS) is 34.0. The lowest BCUT2D eigenvalue weighted by molar-refractivity contribution is -0.138. The van der Waals surface area contributed by atoms with Crippen LogP contribution in [0.25, 0.3) is 0 Å². The van der Waals surface area contributed by atoms with Crippen LogP contribution in [-0.4, -0.2) is 59.6 Å². The summed E-state index contributed by atoms with van der Waals surface area (Å²) in [7, 11) is 0. The Bertz CT molecular complexity index is 359. The van der Waals surface area contributed by atoms with Crippen molar-refractivity contribution in [3.05, 3.63) is 0 Å². The first-order valence-electron chi connectivity index (χ1n) is 8.90. The lowest BCUT2D eigenvalue weighted by Gasteiger charge is -2.44. The maximum Gasteiger partial charge on any atom is 0.237 e. The quantitative estimate of drug-likeness (QED) is 0.861. The number of carbonyl (C=O) groups excluding carboxylic acids is 1. The highest BCUT2D eigenvalue weighted by Gasteiger charge is 2.36. The van der Waals surface area contributed by atoms with Gasteiger partial charge in [-0.25, -0.2) is 0 Å². The van der Waals surface area contributed by atoms with Crippen LogP contribution in [0.1, 0.15) is 51.4 Å². The van der Waals surface area contributed by atoms with Gasteiger partial charge in [0, 0.05) is 25.7 Å². The number of rotatable bonds is 4. The Balaban J connectivity index is 1.52. The molecule has 3 aliphatic rings. The second kappa shape index (κ2) is 7.10. The molecule has 3 unspecified atom stereocenters. The monoisotopic (exact) mass is 294 g/mol. The van der Waals surface area contributed by atoms with Crippen molar-refractivity contribution in [1.29, 1.82) is 0 Å². The maximum absolute atomic E-state index is 12.7. The van der Waals surface area contributed by atoms with Gasteiger partial charge in [0.1, 0.15) is 0 Å². The van der Waals surface area contributed by atoms with Crippen LogP contribution in [0.3, 0.4) is 0 Å². The molecular formula is C17H30N2O2. The molecule has 21 heavy (non-hydrogen) atoms. The SMILES string of the molecule is O=C(CN1CCC(CCO)C1)N1CCCC2CCCCC21. The van der Waals surface area contributed by atoms with Crippen LogP contribution in [0.4, 0.5) is 0 Å². The zero-order valence-electron chi connectivity index (χ0n) is 13.2. The maximum atomic E-state index is 12.7. The number of carbonyl (C=O) groups is 1. The summed E-state index contributed by atoms with van der Waals surface area (Å²) >= 11 is 0. The topological polar surface area (TPSA) is 43.8 Å². The highest BCUT2D eigenvalue weighted by atomic mass is 16.3. The molecule has 1 N–H and O–H groups in total. The van der Waals surface area contributed by atoms with E-state index in [4.69, 9.17) is 5.11 Å². The van der Waals surface area contributed by atoms with Gasteiger partial charge in [-0.05, 0) is 56.9 Å². The van der Waals surface area contributed by atoms with Crippen LogP contribution in [0, 0.1) is 11.8 Å². The lowest BCUT2D eigenvalue weighted by Crippen LogP contribution is -2.52. The molecule has 3 fully saturated rings. The number of nitrogens with zero attached hydrogens (tertiary/aromatic N) is 2. The average molecular weight is 294 g/mol. The minimum atomic E-state index is 0.280. The van der Waals surface area contributed by atoms with E-state index in [9.17, 15) is 4.79 Å². The fraction of sp³-hybridized carbons (Fsp3) is 0.941. The van der Waals surface area contributed by atoms with Crippen molar-refractivity contribution >= 4 is 5.91 Å². The van der Waals surface area contributed by atoms with Crippen molar-refractivity contribution in [3.63, 3.8) is 0 Å². The predicted molar refractivity (Wildman–Crippen MR) is 82.9 cm³/mol. The Morgan fingerprint density at radius 3 is 2.71 bits per heavy atom. The number of likely N-dealkylation sites (tertiary alicyclic amines) is 2. The summed E-state index contributed by atoms with van der Waals surface area (Å²) in [5, 5.41) is 9.03. The molecule has 1 aliphatic carbocycles. The van der Waals surface area contributed by atoms with E-state index in [0.29, 0.717) is 24.4 Å². The van der Waals surface area contributed by atoms with Gasteiger partial charge in [0.25, 0.3) is 0 Å². The summed E-state index contributed by atoms with van der Waals surface area (Å²) in [6.07, 6.45) is 9.77. The van der Waals surface area contributed by atoms with Crippen LogP contribution in [0.5, 0.6) is 0 Å². The molecule has 0 radical (unpaired) electrons. The fourth-order valence-corrected chi connectivity index (χ4v) is 4.69. The van der Waals surface area contributed by atoms with Gasteiger partial charge in [-0.15, -0.1) is 0 Å². The molecule has 1 saturated carbocycles. The largest absolute Gasteiger partial charge is 0.396 e. The number of aliphatic hydroxyl groups excluding tert-OH is 1. The summed E-state index contributed by atoms with van der Waals surface area (Å²) in [6, 6.07) is 0.538. The number of amides is 1. The van der Waals surface area contributed by atoms with Crippen LogP contribution < -0.4 is 0 Å². The molecule has 0 aromatic heterocycles. The second-order valence-corrected chi connectivity index (χ2v) is 7.24. The third-order valence-corrected chi connectivity index (χ3v) is 5.83. The minimum Gasteiger partial charge on any atom is -0.396 e. The molecule has 2 heterocycles. The third kappa shape index (κ3) is 3.59. The first-order chi connectivity index (χ1) is 10.3. The fourth-order valence-electron chi connectivity index (χ4n) is 4.69. The van der Waals surface area contributed by atoms with Crippen LogP contribution in [0.2, 0.25) is 0 Å². The molecule has 0 aromatic carbocycles. The zero-order chi connectivity index (χ0) is 14.7. The second-order valence-electron chi connectivity index (χ2n) is 7.24. The molecule has 0 aromatic rings. The number of hydrogen-bond donors (Lipinski definition) is 1. The molecular weight excluding hydrogens is 264 g/mol. The standard InChI is InChI=1S/C17H30N2O2/c20-11-8-14-7-10-18(12-14)13-17(21)19-9-3-5-15-4-1-2-6-16(15)19/h14-16,20H,1-13H2. The van der Waals surface area contributed by atoms with Gasteiger partial charge in [0.15, 0.2) is 0 Å². The summed E-state index contributed by atoms with van der Waals surface area (Å²) in [6.45, 7) is 3.88. The van der Waals surface area contributed by atoms with Crippen molar-refractivity contribution in [2.45, 2.75) is 57.4 Å². The van der Waals surface area contributed by atoms with Crippen LogP contribution in [0.15, 0.2) is 0 Å². The van der Waals surface area contributed by atoms with Crippen molar-refractivity contribution in [2.24, 2.45) is 11.8 Å². The van der Waals surface area contributed by atoms with E-state index in [2.05, 4.69) is 9.80 Å². The van der Waals surface area contributed by atoms with E-state index in [1.807, 2.05) is 0 Å². The molecule has 3 atom stereocenters. The van der Waals surface area contributed by atoms with E-state index >= 15 is 0 Å². The summed E-state index contributed by atoms with van der Waals surface area (Å²) in [5.41, 5.74) is 0. The van der Waals surface area contributed by atoms with E-state index in [0.717, 1.165) is 38.4 Å². The Hall–Kier alpha value is -0.610. The number of aliphatic hydroxyl groups is 1. The van der Waals surface area contributed by atoms with Crippen LogP contribution in [-0.2, 0) is 4.79 Å². The van der Waals surface area contributed by atoms with Gasteiger partial charge in [-0.1, -0.05) is 12.8 Å². The van der Waals surface area contributed by atoms with Gasteiger partial charge in [-0.3, -0.25) is 9.69 Å². The Morgan fingerprint density at radius 1 is 1.05 bits per heavy atom. The summed E-state index contributed by atoms with van der Waals surface area (Å²) in [5.74, 6) is 1.72. The first kappa shape index (κ1) is 15.3. The first-order valence-corrected chi connectivity index (χ1v) is 8.90. The highest BCUT2D eigenvalue weighted by Crippen LogP contribution is 2.35. The summed E-state index contributed by atoms with van der Waals surface area (Å²) in [4.78, 5) is 17.2. The lowest BCUT2D eigenvalue weighted by atomic mass is 9.78. The zero-order valence-corrected chi connectivity index (χ0v) is 13.2. The minimum absolute atomic E-state index is 0.280. The predicted octanol–water partition coefficient (Wildman–Crippen LogP) is 1.87. The highest BCUT2D eigenvalue weighted by molar-refractivity contribution is 5.78. The van der Waals surface area contributed by atoms with E-state index < -0.39 is 0 Å². The van der Waals surface area contributed by atoms with Crippen molar-refractivity contribution in [3.8, 4) is 0 Å². The van der Waals surface area contributed by atoms with Gasteiger partial charge in [0.05, 0.1) is 6.54 Å². The van der Waals surface area contributed by atoms with Gasteiger partial charge >= 0.3 is 0 Å². The molecule has 1 amide bonds.